The van der Waals surface area contributed by atoms with E-state index < -0.39 is 0 Å². The summed E-state index contributed by atoms with van der Waals surface area (Å²) in [5.41, 5.74) is 8.05. The van der Waals surface area contributed by atoms with Gasteiger partial charge in [-0.15, -0.1) is 0 Å². The zero-order chi connectivity index (χ0) is 13.8. The molecule has 0 aliphatic heterocycles. The number of ether oxygens (including phenoxy) is 2. The molecule has 1 aromatic carbocycles. The van der Waals surface area contributed by atoms with Gasteiger partial charge in [-0.2, -0.15) is 0 Å². The molecule has 1 aromatic rings. The first-order valence-corrected chi connectivity index (χ1v) is 6.49. The van der Waals surface area contributed by atoms with Crippen LogP contribution >= 0.6 is 0 Å². The fraction of sp³-hybridized carbons (Fsp3) is 0.500. The fourth-order valence-corrected chi connectivity index (χ4v) is 2.26. The molecule has 2 rings (SSSR count). The monoisotopic (exact) mass is 265 g/mol. The lowest BCUT2D eigenvalue weighted by Crippen LogP contribution is -2.18. The SMILES string of the molecule is CCOC(=O)CCOc1cc2c(cc1O)CC(N)C2. The predicted octanol–water partition coefficient (Wildman–Crippen LogP) is 1.15. The van der Waals surface area contributed by atoms with Crippen LogP contribution in [0.3, 0.4) is 0 Å². The highest BCUT2D eigenvalue weighted by Crippen LogP contribution is 2.33. The highest BCUT2D eigenvalue weighted by Gasteiger charge is 2.20. The number of phenols is 1. The number of rotatable bonds is 5. The van der Waals surface area contributed by atoms with Gasteiger partial charge in [0.1, 0.15) is 0 Å². The molecule has 0 fully saturated rings. The molecule has 0 saturated carbocycles. The van der Waals surface area contributed by atoms with Gasteiger partial charge in [-0.25, -0.2) is 0 Å². The van der Waals surface area contributed by atoms with Gasteiger partial charge in [-0.05, 0) is 43.0 Å². The third kappa shape index (κ3) is 3.38. The van der Waals surface area contributed by atoms with Crippen molar-refractivity contribution in [2.75, 3.05) is 13.2 Å². The van der Waals surface area contributed by atoms with Crippen molar-refractivity contribution in [1.82, 2.24) is 0 Å². The van der Waals surface area contributed by atoms with Crippen LogP contribution in [0.2, 0.25) is 0 Å². The second-order valence-electron chi connectivity index (χ2n) is 4.66. The van der Waals surface area contributed by atoms with Gasteiger partial charge in [-0.1, -0.05) is 0 Å². The summed E-state index contributed by atoms with van der Waals surface area (Å²) < 4.78 is 10.2. The Morgan fingerprint density at radius 3 is 2.79 bits per heavy atom. The van der Waals surface area contributed by atoms with Crippen LogP contribution in [-0.4, -0.2) is 30.3 Å². The van der Waals surface area contributed by atoms with Crippen molar-refractivity contribution in [1.29, 1.82) is 0 Å². The Hall–Kier alpha value is -1.75. The minimum atomic E-state index is -0.301. The lowest BCUT2D eigenvalue weighted by molar-refractivity contribution is -0.143. The Labute approximate surface area is 112 Å². The molecule has 104 valence electrons. The Balaban J connectivity index is 1.94. The number of carbonyl (C=O) groups is 1. The first-order valence-electron chi connectivity index (χ1n) is 6.49. The van der Waals surface area contributed by atoms with Gasteiger partial charge in [0.05, 0.1) is 19.6 Å². The van der Waals surface area contributed by atoms with E-state index in [2.05, 4.69) is 0 Å². The number of esters is 1. The van der Waals surface area contributed by atoms with Crippen LogP contribution in [-0.2, 0) is 22.4 Å². The zero-order valence-corrected chi connectivity index (χ0v) is 11.0. The molecule has 0 heterocycles. The molecule has 0 spiro atoms. The van der Waals surface area contributed by atoms with E-state index in [1.807, 2.05) is 6.07 Å². The molecule has 1 atom stereocenters. The lowest BCUT2D eigenvalue weighted by atomic mass is 10.1. The zero-order valence-electron chi connectivity index (χ0n) is 11.0. The van der Waals surface area contributed by atoms with Crippen LogP contribution in [0.15, 0.2) is 12.1 Å². The predicted molar refractivity (Wildman–Crippen MR) is 70.2 cm³/mol. The highest BCUT2D eigenvalue weighted by atomic mass is 16.5. The van der Waals surface area contributed by atoms with Crippen molar-refractivity contribution in [2.24, 2.45) is 5.73 Å². The van der Waals surface area contributed by atoms with E-state index in [-0.39, 0.29) is 30.8 Å². The summed E-state index contributed by atoms with van der Waals surface area (Å²) in [5.74, 6) is 0.194. The average molecular weight is 265 g/mol. The van der Waals surface area contributed by atoms with E-state index >= 15 is 0 Å². The molecule has 5 nitrogen and oxygen atoms in total. The van der Waals surface area contributed by atoms with E-state index in [0.717, 1.165) is 24.0 Å². The molecule has 0 saturated heterocycles. The Kier molecular flexibility index (Phi) is 4.27. The van der Waals surface area contributed by atoms with Gasteiger partial charge < -0.3 is 20.3 Å². The number of nitrogens with two attached hydrogens (primary N) is 1. The summed E-state index contributed by atoms with van der Waals surface area (Å²) in [5, 5.41) is 9.85. The number of fused-ring (bicyclic) bond motifs is 1. The first kappa shape index (κ1) is 13.7. The first-order chi connectivity index (χ1) is 9.10. The van der Waals surface area contributed by atoms with Crippen LogP contribution in [0.4, 0.5) is 0 Å². The van der Waals surface area contributed by atoms with Crippen LogP contribution < -0.4 is 10.5 Å². The van der Waals surface area contributed by atoms with Gasteiger partial charge in [0.15, 0.2) is 11.5 Å². The number of hydrogen-bond donors (Lipinski definition) is 2. The fourth-order valence-electron chi connectivity index (χ4n) is 2.26. The normalized spacial score (nSPS) is 17.1. The summed E-state index contributed by atoms with van der Waals surface area (Å²) in [6.07, 6.45) is 1.75. The van der Waals surface area contributed by atoms with E-state index in [0.29, 0.717) is 12.4 Å². The van der Waals surface area contributed by atoms with Crippen LogP contribution in [0.25, 0.3) is 0 Å². The minimum Gasteiger partial charge on any atom is -0.504 e. The second-order valence-corrected chi connectivity index (χ2v) is 4.66. The minimum absolute atomic E-state index is 0.0942. The quantitative estimate of drug-likeness (QED) is 0.780. The molecule has 0 radical (unpaired) electrons. The third-order valence-electron chi connectivity index (χ3n) is 3.11. The Morgan fingerprint density at radius 2 is 2.11 bits per heavy atom. The molecule has 0 aromatic heterocycles. The average Bonchev–Trinajstić information content (AvgIpc) is 2.69. The third-order valence-corrected chi connectivity index (χ3v) is 3.11. The van der Waals surface area contributed by atoms with E-state index in [9.17, 15) is 9.90 Å². The van der Waals surface area contributed by atoms with Gasteiger partial charge >= 0.3 is 5.97 Å². The van der Waals surface area contributed by atoms with Crippen molar-refractivity contribution in [2.45, 2.75) is 32.2 Å². The second kappa shape index (κ2) is 5.93. The molecular weight excluding hydrogens is 246 g/mol. The Bertz CT molecular complexity index is 473. The molecule has 1 unspecified atom stereocenters. The summed E-state index contributed by atoms with van der Waals surface area (Å²) in [7, 11) is 0. The van der Waals surface area contributed by atoms with Crippen molar-refractivity contribution >= 4 is 5.97 Å². The van der Waals surface area contributed by atoms with Crippen molar-refractivity contribution < 1.29 is 19.4 Å². The Morgan fingerprint density at radius 1 is 1.42 bits per heavy atom. The molecule has 1 aliphatic rings. The number of aromatic hydroxyl groups is 1. The van der Waals surface area contributed by atoms with Gasteiger partial charge in [0.25, 0.3) is 0 Å². The number of carbonyl (C=O) groups excluding carboxylic acids is 1. The van der Waals surface area contributed by atoms with E-state index in [4.69, 9.17) is 15.2 Å². The summed E-state index contributed by atoms with van der Waals surface area (Å²) in [6, 6.07) is 3.62. The van der Waals surface area contributed by atoms with E-state index in [1.165, 1.54) is 0 Å². The maximum atomic E-state index is 11.2. The smallest absolute Gasteiger partial charge is 0.309 e. The van der Waals surface area contributed by atoms with Gasteiger partial charge in [0.2, 0.25) is 0 Å². The van der Waals surface area contributed by atoms with Crippen molar-refractivity contribution in [3.8, 4) is 11.5 Å². The van der Waals surface area contributed by atoms with Crippen molar-refractivity contribution in [3.05, 3.63) is 23.3 Å². The van der Waals surface area contributed by atoms with E-state index in [1.54, 1.807) is 13.0 Å². The molecule has 0 bridgehead atoms. The van der Waals surface area contributed by atoms with Gasteiger partial charge in [0, 0.05) is 6.04 Å². The maximum Gasteiger partial charge on any atom is 0.309 e. The molecule has 0 amide bonds. The largest absolute Gasteiger partial charge is 0.504 e. The number of phenolic OH excluding ortho intramolecular Hbond substituents is 1. The van der Waals surface area contributed by atoms with Crippen LogP contribution in [0.5, 0.6) is 11.5 Å². The van der Waals surface area contributed by atoms with Crippen LogP contribution in [0, 0.1) is 0 Å². The standard InChI is InChI=1S/C14H19NO4/c1-2-18-14(17)3-4-19-13-8-10-6-11(15)5-9(10)7-12(13)16/h7-8,11,16H,2-6,15H2,1H3. The lowest BCUT2D eigenvalue weighted by Gasteiger charge is -2.10. The molecule has 5 heteroatoms. The van der Waals surface area contributed by atoms with Crippen LogP contribution in [0.1, 0.15) is 24.5 Å². The summed E-state index contributed by atoms with van der Waals surface area (Å²) in [6.45, 7) is 2.31. The number of benzene rings is 1. The molecule has 3 N–H and O–H groups in total. The number of hydrogen-bond acceptors (Lipinski definition) is 5. The summed E-state index contributed by atoms with van der Waals surface area (Å²) >= 11 is 0. The maximum absolute atomic E-state index is 11.2. The molecule has 19 heavy (non-hydrogen) atoms. The summed E-state index contributed by atoms with van der Waals surface area (Å²) in [4.78, 5) is 11.2. The van der Waals surface area contributed by atoms with Gasteiger partial charge in [-0.3, -0.25) is 4.79 Å². The highest BCUT2D eigenvalue weighted by molar-refractivity contribution is 5.69. The molecule has 1 aliphatic carbocycles. The molecular formula is C14H19NO4. The topological polar surface area (TPSA) is 81.8 Å². The van der Waals surface area contributed by atoms with Crippen molar-refractivity contribution in [3.63, 3.8) is 0 Å².